The largest absolute Gasteiger partial charge is 0.393 e. The molecule has 4 heteroatoms. The lowest BCUT2D eigenvalue weighted by Crippen LogP contribution is -2.53. The number of aliphatic hydroxyl groups is 1. The maximum absolute atomic E-state index is 12.5. The summed E-state index contributed by atoms with van der Waals surface area (Å²) in [5.74, 6) is 0.608. The number of likely N-dealkylation sites (tertiary alicyclic amines) is 2. The molecule has 0 aliphatic carbocycles. The van der Waals surface area contributed by atoms with Crippen molar-refractivity contribution in [1.82, 2.24) is 9.80 Å². The first-order chi connectivity index (χ1) is 9.13. The van der Waals surface area contributed by atoms with E-state index in [9.17, 15) is 9.90 Å². The predicted molar refractivity (Wildman–Crippen MR) is 75.9 cm³/mol. The summed E-state index contributed by atoms with van der Waals surface area (Å²) in [5.41, 5.74) is 0. The third-order valence-corrected chi connectivity index (χ3v) is 4.82. The third-order valence-electron chi connectivity index (χ3n) is 4.82. The molecule has 3 unspecified atom stereocenters. The number of carbonyl (C=O) groups excluding carboxylic acids is 1. The highest BCUT2D eigenvalue weighted by atomic mass is 16.3. The lowest BCUT2D eigenvalue weighted by molar-refractivity contribution is -0.139. The molecular formula is C15H28N2O2. The summed E-state index contributed by atoms with van der Waals surface area (Å²) in [5, 5.41) is 9.93. The molecule has 0 radical (unpaired) electrons. The summed E-state index contributed by atoms with van der Waals surface area (Å²) in [6.07, 6.45) is 5.16. The van der Waals surface area contributed by atoms with Gasteiger partial charge >= 0.3 is 0 Å². The Balaban J connectivity index is 1.91. The van der Waals surface area contributed by atoms with E-state index in [1.165, 1.54) is 6.42 Å². The molecule has 0 aromatic carbocycles. The van der Waals surface area contributed by atoms with Gasteiger partial charge in [-0.3, -0.25) is 9.69 Å². The zero-order valence-electron chi connectivity index (χ0n) is 12.3. The molecule has 1 N–H and O–H groups in total. The fourth-order valence-electron chi connectivity index (χ4n) is 3.34. The van der Waals surface area contributed by atoms with E-state index in [1.807, 2.05) is 11.8 Å². The van der Waals surface area contributed by atoms with E-state index >= 15 is 0 Å². The molecule has 2 rings (SSSR count). The van der Waals surface area contributed by atoms with Crippen LogP contribution in [0.4, 0.5) is 0 Å². The number of piperidine rings is 2. The smallest absolute Gasteiger partial charge is 0.239 e. The summed E-state index contributed by atoms with van der Waals surface area (Å²) in [6, 6.07) is -0.0281. The molecule has 19 heavy (non-hydrogen) atoms. The highest BCUT2D eigenvalue weighted by Gasteiger charge is 2.33. The van der Waals surface area contributed by atoms with Crippen molar-refractivity contribution in [3.63, 3.8) is 0 Å². The maximum Gasteiger partial charge on any atom is 0.239 e. The molecule has 2 aliphatic rings. The lowest BCUT2D eigenvalue weighted by Gasteiger charge is -2.40. The Morgan fingerprint density at radius 1 is 1.26 bits per heavy atom. The number of amides is 1. The molecule has 0 aromatic rings. The van der Waals surface area contributed by atoms with Crippen molar-refractivity contribution in [3.8, 4) is 0 Å². The van der Waals surface area contributed by atoms with Gasteiger partial charge in [-0.1, -0.05) is 6.92 Å². The van der Waals surface area contributed by atoms with Gasteiger partial charge in [-0.25, -0.2) is 0 Å². The summed E-state index contributed by atoms with van der Waals surface area (Å²) >= 11 is 0. The Morgan fingerprint density at radius 3 is 2.58 bits per heavy atom. The molecule has 2 saturated heterocycles. The minimum absolute atomic E-state index is 0.0281. The molecule has 0 bridgehead atoms. The van der Waals surface area contributed by atoms with Gasteiger partial charge in [0.05, 0.1) is 12.1 Å². The lowest BCUT2D eigenvalue weighted by atomic mass is 9.91. The fraction of sp³-hybridized carbons (Fsp3) is 0.933. The topological polar surface area (TPSA) is 43.8 Å². The van der Waals surface area contributed by atoms with Crippen LogP contribution < -0.4 is 0 Å². The normalized spacial score (nSPS) is 31.2. The van der Waals surface area contributed by atoms with Gasteiger partial charge in [0.15, 0.2) is 0 Å². The number of carbonyl (C=O) groups is 1. The average molecular weight is 268 g/mol. The van der Waals surface area contributed by atoms with E-state index in [2.05, 4.69) is 11.8 Å². The molecule has 0 saturated carbocycles. The summed E-state index contributed by atoms with van der Waals surface area (Å²) < 4.78 is 0. The number of rotatable bonds is 3. The standard InChI is InChI=1S/C15H28N2O2/c1-3-13-11-17(10-7-14(13)18)12(2)15(19)16-8-5-4-6-9-16/h12-14,18H,3-11H2,1-2H3. The first-order valence-corrected chi connectivity index (χ1v) is 7.84. The van der Waals surface area contributed by atoms with Crippen LogP contribution >= 0.6 is 0 Å². The molecular weight excluding hydrogens is 240 g/mol. The second kappa shape index (κ2) is 6.71. The van der Waals surface area contributed by atoms with Crippen molar-refractivity contribution in [2.45, 2.75) is 58.1 Å². The van der Waals surface area contributed by atoms with Crippen LogP contribution in [0.15, 0.2) is 0 Å². The van der Waals surface area contributed by atoms with Gasteiger partial charge in [0, 0.05) is 26.2 Å². The first-order valence-electron chi connectivity index (χ1n) is 7.84. The van der Waals surface area contributed by atoms with E-state index in [4.69, 9.17) is 0 Å². The summed E-state index contributed by atoms with van der Waals surface area (Å²) in [7, 11) is 0. The quantitative estimate of drug-likeness (QED) is 0.843. The molecule has 110 valence electrons. The number of aliphatic hydroxyl groups excluding tert-OH is 1. The van der Waals surface area contributed by atoms with E-state index in [1.54, 1.807) is 0 Å². The van der Waals surface area contributed by atoms with Crippen molar-refractivity contribution in [1.29, 1.82) is 0 Å². The molecule has 1 amide bonds. The van der Waals surface area contributed by atoms with E-state index in [0.29, 0.717) is 5.92 Å². The van der Waals surface area contributed by atoms with Crippen LogP contribution in [-0.2, 0) is 4.79 Å². The second-order valence-corrected chi connectivity index (χ2v) is 6.08. The number of hydrogen-bond donors (Lipinski definition) is 1. The molecule has 2 aliphatic heterocycles. The van der Waals surface area contributed by atoms with E-state index in [0.717, 1.165) is 51.9 Å². The predicted octanol–water partition coefficient (Wildman–Crippen LogP) is 1.48. The zero-order chi connectivity index (χ0) is 13.8. The van der Waals surface area contributed by atoms with Crippen molar-refractivity contribution in [2.75, 3.05) is 26.2 Å². The van der Waals surface area contributed by atoms with Crippen LogP contribution in [0.2, 0.25) is 0 Å². The third kappa shape index (κ3) is 3.48. The van der Waals surface area contributed by atoms with Gasteiger partial charge in [0.2, 0.25) is 5.91 Å². The van der Waals surface area contributed by atoms with Gasteiger partial charge in [-0.2, -0.15) is 0 Å². The average Bonchev–Trinajstić information content (AvgIpc) is 2.47. The maximum atomic E-state index is 12.5. The zero-order valence-corrected chi connectivity index (χ0v) is 12.3. The van der Waals surface area contributed by atoms with Gasteiger partial charge < -0.3 is 10.0 Å². The van der Waals surface area contributed by atoms with Gasteiger partial charge in [0.1, 0.15) is 0 Å². The van der Waals surface area contributed by atoms with Crippen molar-refractivity contribution >= 4 is 5.91 Å². The highest BCUT2D eigenvalue weighted by molar-refractivity contribution is 5.81. The summed E-state index contributed by atoms with van der Waals surface area (Å²) in [6.45, 7) is 7.71. The Kier molecular flexibility index (Phi) is 5.22. The SMILES string of the molecule is CCC1CN(C(C)C(=O)N2CCCCC2)CCC1O. The number of nitrogens with zero attached hydrogens (tertiary/aromatic N) is 2. The van der Waals surface area contributed by atoms with E-state index in [-0.39, 0.29) is 18.1 Å². The van der Waals surface area contributed by atoms with Crippen LogP contribution in [-0.4, -0.2) is 59.1 Å². The van der Waals surface area contributed by atoms with E-state index < -0.39 is 0 Å². The molecule has 2 fully saturated rings. The minimum Gasteiger partial charge on any atom is -0.393 e. The molecule has 0 spiro atoms. The van der Waals surface area contributed by atoms with Crippen LogP contribution in [0.5, 0.6) is 0 Å². The highest BCUT2D eigenvalue weighted by Crippen LogP contribution is 2.22. The van der Waals surface area contributed by atoms with Crippen LogP contribution in [0, 0.1) is 5.92 Å². The summed E-state index contributed by atoms with van der Waals surface area (Å²) in [4.78, 5) is 16.8. The molecule has 0 aromatic heterocycles. The van der Waals surface area contributed by atoms with Crippen molar-refractivity contribution in [2.24, 2.45) is 5.92 Å². The minimum atomic E-state index is -0.182. The van der Waals surface area contributed by atoms with Crippen molar-refractivity contribution in [3.05, 3.63) is 0 Å². The fourth-order valence-corrected chi connectivity index (χ4v) is 3.34. The van der Waals surface area contributed by atoms with Gasteiger partial charge in [-0.05, 0) is 44.9 Å². The second-order valence-electron chi connectivity index (χ2n) is 6.08. The van der Waals surface area contributed by atoms with Crippen LogP contribution in [0.1, 0.15) is 46.0 Å². The monoisotopic (exact) mass is 268 g/mol. The first kappa shape index (κ1) is 14.8. The Bertz CT molecular complexity index is 303. The Morgan fingerprint density at radius 2 is 1.95 bits per heavy atom. The van der Waals surface area contributed by atoms with Crippen LogP contribution in [0.25, 0.3) is 0 Å². The Hall–Kier alpha value is -0.610. The Labute approximate surface area is 116 Å². The molecule has 2 heterocycles. The molecule has 3 atom stereocenters. The number of hydrogen-bond acceptors (Lipinski definition) is 3. The van der Waals surface area contributed by atoms with Crippen molar-refractivity contribution < 1.29 is 9.90 Å². The molecule has 4 nitrogen and oxygen atoms in total. The van der Waals surface area contributed by atoms with Gasteiger partial charge in [0.25, 0.3) is 0 Å². The van der Waals surface area contributed by atoms with Crippen LogP contribution in [0.3, 0.4) is 0 Å². The van der Waals surface area contributed by atoms with Gasteiger partial charge in [-0.15, -0.1) is 0 Å².